The average Bonchev–Trinajstić information content (AvgIpc) is 2.35. The van der Waals surface area contributed by atoms with Crippen molar-refractivity contribution in [3.05, 3.63) is 29.6 Å². The zero-order chi connectivity index (χ0) is 13.8. The van der Waals surface area contributed by atoms with E-state index in [-0.39, 0.29) is 17.2 Å². The highest BCUT2D eigenvalue weighted by atomic mass is 19.1. The lowest BCUT2D eigenvalue weighted by molar-refractivity contribution is -0.117. The van der Waals surface area contributed by atoms with Gasteiger partial charge in [0, 0.05) is 6.42 Å². The van der Waals surface area contributed by atoms with E-state index in [0.29, 0.717) is 12.3 Å². The summed E-state index contributed by atoms with van der Waals surface area (Å²) < 4.78 is 18.1. The summed E-state index contributed by atoms with van der Waals surface area (Å²) in [7, 11) is 1.24. The van der Waals surface area contributed by atoms with Gasteiger partial charge in [0.15, 0.2) is 0 Å². The molecule has 1 aliphatic heterocycles. The lowest BCUT2D eigenvalue weighted by atomic mass is 9.99. The highest BCUT2D eigenvalue weighted by Crippen LogP contribution is 2.18. The highest BCUT2D eigenvalue weighted by Gasteiger charge is 2.21. The van der Waals surface area contributed by atoms with Gasteiger partial charge >= 0.3 is 5.97 Å². The van der Waals surface area contributed by atoms with Crippen molar-refractivity contribution in [2.45, 2.75) is 6.42 Å². The molecule has 0 spiro atoms. The van der Waals surface area contributed by atoms with Crippen molar-refractivity contribution in [3.8, 4) is 0 Å². The van der Waals surface area contributed by atoms with Crippen molar-refractivity contribution >= 4 is 17.6 Å². The molecule has 0 bridgehead atoms. The normalized spacial score (nSPS) is 14.6. The van der Waals surface area contributed by atoms with Crippen molar-refractivity contribution in [2.24, 2.45) is 5.92 Å². The van der Waals surface area contributed by atoms with E-state index in [9.17, 15) is 14.0 Å². The van der Waals surface area contributed by atoms with Crippen LogP contribution in [0.15, 0.2) is 18.2 Å². The van der Waals surface area contributed by atoms with Crippen LogP contribution >= 0.6 is 0 Å². The maximum absolute atomic E-state index is 13.6. The lowest BCUT2D eigenvalue weighted by Crippen LogP contribution is -2.43. The summed E-state index contributed by atoms with van der Waals surface area (Å²) in [5, 5.41) is 5.54. The zero-order valence-corrected chi connectivity index (χ0v) is 10.5. The molecule has 0 aromatic heterocycles. The van der Waals surface area contributed by atoms with Gasteiger partial charge in [-0.05, 0) is 37.2 Å². The molecule has 5 nitrogen and oxygen atoms in total. The Bertz CT molecular complexity index is 501. The van der Waals surface area contributed by atoms with Gasteiger partial charge in [-0.3, -0.25) is 4.79 Å². The molecule has 1 saturated heterocycles. The number of esters is 1. The standard InChI is InChI=1S/C13H15FN2O3/c1-19-13(18)9-2-3-10(14)11(5-9)16-12(17)4-8-6-15-7-8/h2-3,5,8,15H,4,6-7H2,1H3,(H,16,17). The van der Waals surface area contributed by atoms with Gasteiger partial charge in [0.1, 0.15) is 5.82 Å². The molecule has 0 saturated carbocycles. The van der Waals surface area contributed by atoms with E-state index < -0.39 is 11.8 Å². The fourth-order valence-corrected chi connectivity index (χ4v) is 1.82. The van der Waals surface area contributed by atoms with Crippen LogP contribution in [0, 0.1) is 11.7 Å². The monoisotopic (exact) mass is 266 g/mol. The minimum Gasteiger partial charge on any atom is -0.465 e. The van der Waals surface area contributed by atoms with E-state index in [1.54, 1.807) is 0 Å². The van der Waals surface area contributed by atoms with Crippen molar-refractivity contribution in [3.63, 3.8) is 0 Å². The molecular formula is C13H15FN2O3. The fourth-order valence-electron chi connectivity index (χ4n) is 1.82. The Hall–Kier alpha value is -1.95. The first-order valence-corrected chi connectivity index (χ1v) is 5.98. The van der Waals surface area contributed by atoms with Crippen LogP contribution in [0.3, 0.4) is 0 Å². The van der Waals surface area contributed by atoms with Crippen LogP contribution in [0.25, 0.3) is 0 Å². The Balaban J connectivity index is 2.05. The van der Waals surface area contributed by atoms with E-state index in [1.165, 1.54) is 19.2 Å². The molecule has 1 aromatic rings. The number of nitrogens with one attached hydrogen (secondary N) is 2. The van der Waals surface area contributed by atoms with Gasteiger partial charge in [0.2, 0.25) is 5.91 Å². The summed E-state index contributed by atoms with van der Waals surface area (Å²) >= 11 is 0. The summed E-state index contributed by atoms with van der Waals surface area (Å²) in [5.41, 5.74) is 0.199. The molecule has 0 unspecified atom stereocenters. The van der Waals surface area contributed by atoms with Gasteiger partial charge in [-0.15, -0.1) is 0 Å². The number of halogens is 1. The summed E-state index contributed by atoms with van der Waals surface area (Å²) in [6, 6.07) is 3.72. The first kappa shape index (κ1) is 13.5. The Morgan fingerprint density at radius 3 is 2.79 bits per heavy atom. The highest BCUT2D eigenvalue weighted by molar-refractivity contribution is 5.94. The number of anilines is 1. The molecule has 0 aliphatic carbocycles. The summed E-state index contributed by atoms with van der Waals surface area (Å²) in [4.78, 5) is 23.0. The van der Waals surface area contributed by atoms with Crippen LogP contribution in [0.5, 0.6) is 0 Å². The molecule has 1 amide bonds. The van der Waals surface area contributed by atoms with Crippen LogP contribution < -0.4 is 10.6 Å². The van der Waals surface area contributed by atoms with Crippen LogP contribution in [0.4, 0.5) is 10.1 Å². The third-order valence-electron chi connectivity index (χ3n) is 3.00. The van der Waals surface area contributed by atoms with Crippen LogP contribution in [0.1, 0.15) is 16.8 Å². The second-order valence-corrected chi connectivity index (χ2v) is 4.46. The number of carbonyl (C=O) groups is 2. The average molecular weight is 266 g/mol. The molecule has 1 heterocycles. The molecular weight excluding hydrogens is 251 g/mol. The van der Waals surface area contributed by atoms with Gasteiger partial charge in [-0.25, -0.2) is 9.18 Å². The van der Waals surface area contributed by atoms with Crippen molar-refractivity contribution in [1.82, 2.24) is 5.32 Å². The van der Waals surface area contributed by atoms with Gasteiger partial charge in [0.25, 0.3) is 0 Å². The molecule has 2 rings (SSSR count). The molecule has 0 radical (unpaired) electrons. The molecule has 1 aliphatic rings. The zero-order valence-electron chi connectivity index (χ0n) is 10.5. The number of hydrogen-bond donors (Lipinski definition) is 2. The molecule has 19 heavy (non-hydrogen) atoms. The van der Waals surface area contributed by atoms with E-state index in [4.69, 9.17) is 0 Å². The van der Waals surface area contributed by atoms with Gasteiger partial charge in [-0.1, -0.05) is 0 Å². The Kier molecular flexibility index (Phi) is 4.11. The maximum Gasteiger partial charge on any atom is 0.337 e. The minimum absolute atomic E-state index is 0.000169. The predicted molar refractivity (Wildman–Crippen MR) is 67.3 cm³/mol. The van der Waals surface area contributed by atoms with E-state index in [0.717, 1.165) is 19.2 Å². The topological polar surface area (TPSA) is 67.4 Å². The van der Waals surface area contributed by atoms with Crippen molar-refractivity contribution in [1.29, 1.82) is 0 Å². The Morgan fingerprint density at radius 2 is 2.21 bits per heavy atom. The Labute approximate surface area is 110 Å². The lowest BCUT2D eigenvalue weighted by Gasteiger charge is -2.26. The van der Waals surface area contributed by atoms with E-state index >= 15 is 0 Å². The van der Waals surface area contributed by atoms with E-state index in [2.05, 4.69) is 15.4 Å². The van der Waals surface area contributed by atoms with Gasteiger partial charge in [-0.2, -0.15) is 0 Å². The second kappa shape index (κ2) is 5.79. The first-order valence-electron chi connectivity index (χ1n) is 5.98. The van der Waals surface area contributed by atoms with Crippen LogP contribution in [-0.4, -0.2) is 32.1 Å². The van der Waals surface area contributed by atoms with Gasteiger partial charge < -0.3 is 15.4 Å². The SMILES string of the molecule is COC(=O)c1ccc(F)c(NC(=O)CC2CNC2)c1. The third-order valence-corrected chi connectivity index (χ3v) is 3.00. The molecule has 1 aromatic carbocycles. The van der Waals surface area contributed by atoms with Crippen molar-refractivity contribution < 1.29 is 18.7 Å². The molecule has 2 N–H and O–H groups in total. The molecule has 1 fully saturated rings. The molecule has 6 heteroatoms. The number of methoxy groups -OCH3 is 1. The predicted octanol–water partition coefficient (Wildman–Crippen LogP) is 1.16. The fraction of sp³-hybridized carbons (Fsp3) is 0.385. The van der Waals surface area contributed by atoms with Crippen LogP contribution in [-0.2, 0) is 9.53 Å². The number of hydrogen-bond acceptors (Lipinski definition) is 4. The smallest absolute Gasteiger partial charge is 0.337 e. The van der Waals surface area contributed by atoms with Gasteiger partial charge in [0.05, 0.1) is 18.4 Å². The summed E-state index contributed by atoms with van der Waals surface area (Å²) in [6.45, 7) is 1.61. The number of carbonyl (C=O) groups excluding carboxylic acids is 2. The Morgan fingerprint density at radius 1 is 1.47 bits per heavy atom. The number of benzene rings is 1. The largest absolute Gasteiger partial charge is 0.465 e. The quantitative estimate of drug-likeness (QED) is 0.802. The first-order chi connectivity index (χ1) is 9.10. The van der Waals surface area contributed by atoms with Crippen molar-refractivity contribution in [2.75, 3.05) is 25.5 Å². The summed E-state index contributed by atoms with van der Waals surface area (Å²) in [6.07, 6.45) is 0.342. The van der Waals surface area contributed by atoms with Crippen LogP contribution in [0.2, 0.25) is 0 Å². The van der Waals surface area contributed by atoms with E-state index in [1.807, 2.05) is 0 Å². The third kappa shape index (κ3) is 3.29. The molecule has 0 atom stereocenters. The number of amides is 1. The minimum atomic E-state index is -0.576. The second-order valence-electron chi connectivity index (χ2n) is 4.46. The number of ether oxygens (including phenoxy) is 1. The summed E-state index contributed by atoms with van der Waals surface area (Å²) in [5.74, 6) is -1.11. The number of rotatable bonds is 4. The molecule has 102 valence electrons. The maximum atomic E-state index is 13.6.